The van der Waals surface area contributed by atoms with E-state index in [2.05, 4.69) is 15.1 Å². The minimum atomic E-state index is -4.59. The second kappa shape index (κ2) is 9.18. The van der Waals surface area contributed by atoms with Crippen molar-refractivity contribution in [2.24, 2.45) is 4.99 Å². The minimum Gasteiger partial charge on any atom is -0.378 e. The van der Waals surface area contributed by atoms with Gasteiger partial charge in [-0.25, -0.2) is 18.4 Å². The fourth-order valence-electron chi connectivity index (χ4n) is 4.35. The van der Waals surface area contributed by atoms with Crippen LogP contribution in [0.1, 0.15) is 46.1 Å². The monoisotopic (exact) mass is 539 g/mol. The van der Waals surface area contributed by atoms with E-state index < -0.39 is 41.7 Å². The number of carbonyl (C=O) groups excluding carboxylic acids is 1. The third-order valence-corrected chi connectivity index (χ3v) is 6.68. The number of hydrogen-bond donors (Lipinski definition) is 0. The van der Waals surface area contributed by atoms with Gasteiger partial charge in [-0.2, -0.15) is 13.2 Å². The lowest BCUT2D eigenvalue weighted by Gasteiger charge is -2.37. The second-order valence-electron chi connectivity index (χ2n) is 8.75. The zero-order valence-electron chi connectivity index (χ0n) is 19.5. The number of nitrogens with zero attached hydrogens (tertiary/aromatic N) is 5. The molecule has 194 valence electrons. The predicted octanol–water partition coefficient (Wildman–Crippen LogP) is 4.69. The number of fused-ring (bicyclic) bond motifs is 3. The Hall–Kier alpha value is -3.38. The molecule has 1 aromatic heterocycles. The van der Waals surface area contributed by atoms with E-state index in [1.165, 1.54) is 22.8 Å². The Morgan fingerprint density at radius 2 is 1.81 bits per heavy atom. The molecule has 7 nitrogen and oxygen atoms in total. The summed E-state index contributed by atoms with van der Waals surface area (Å²) in [4.78, 5) is 23.2. The van der Waals surface area contributed by atoms with Crippen LogP contribution in [0, 0.1) is 11.6 Å². The zero-order valence-corrected chi connectivity index (χ0v) is 20.2. The number of alkyl halides is 3. The summed E-state index contributed by atoms with van der Waals surface area (Å²) in [6.45, 7) is 2.27. The lowest BCUT2D eigenvalue weighted by Crippen LogP contribution is -2.54. The van der Waals surface area contributed by atoms with E-state index in [1.54, 1.807) is 6.92 Å². The molecule has 0 N–H and O–H groups in total. The maximum atomic E-state index is 14.9. The van der Waals surface area contributed by atoms with Crippen LogP contribution in [0.25, 0.3) is 5.69 Å². The molecule has 0 aliphatic carbocycles. The van der Waals surface area contributed by atoms with Gasteiger partial charge in [0, 0.05) is 25.8 Å². The molecule has 2 aliphatic rings. The number of likely N-dealkylation sites (tertiary alicyclic amines) is 1. The van der Waals surface area contributed by atoms with Gasteiger partial charge in [-0.1, -0.05) is 23.7 Å². The molecule has 1 atom stereocenters. The fraction of sp³-hybridized carbons (Fsp3) is 0.333. The molecule has 3 aromatic rings. The molecule has 1 fully saturated rings. The molecular weight excluding hydrogens is 521 g/mol. The molecule has 0 spiro atoms. The van der Waals surface area contributed by atoms with Gasteiger partial charge in [-0.15, -0.1) is 5.10 Å². The van der Waals surface area contributed by atoms with Crippen LogP contribution in [-0.4, -0.2) is 63.8 Å². The lowest BCUT2D eigenvalue weighted by molar-refractivity contribution is -0.127. The number of benzene rings is 2. The first kappa shape index (κ1) is 25.3. The Labute approximate surface area is 212 Å². The average Bonchev–Trinajstić information content (AvgIpc) is 3.19. The summed E-state index contributed by atoms with van der Waals surface area (Å²) < 4.78 is 75.9. The van der Waals surface area contributed by atoms with Crippen molar-refractivity contribution < 1.29 is 31.5 Å². The predicted molar refractivity (Wildman–Crippen MR) is 123 cm³/mol. The lowest BCUT2D eigenvalue weighted by atomic mass is 9.96. The Morgan fingerprint density at radius 1 is 1.14 bits per heavy atom. The van der Waals surface area contributed by atoms with Crippen LogP contribution in [0.2, 0.25) is 5.02 Å². The van der Waals surface area contributed by atoms with E-state index in [1.807, 2.05) is 0 Å². The minimum absolute atomic E-state index is 0.0848. The van der Waals surface area contributed by atoms with E-state index in [-0.39, 0.29) is 45.3 Å². The van der Waals surface area contributed by atoms with Crippen molar-refractivity contribution in [3.8, 4) is 5.69 Å². The molecule has 37 heavy (non-hydrogen) atoms. The highest BCUT2D eigenvalue weighted by atomic mass is 35.5. The Morgan fingerprint density at radius 3 is 2.43 bits per heavy atom. The van der Waals surface area contributed by atoms with Gasteiger partial charge in [0.1, 0.15) is 17.7 Å². The first-order valence-electron chi connectivity index (χ1n) is 11.2. The third kappa shape index (κ3) is 4.48. The molecule has 1 saturated heterocycles. The van der Waals surface area contributed by atoms with Gasteiger partial charge < -0.3 is 9.64 Å². The van der Waals surface area contributed by atoms with E-state index in [9.17, 15) is 26.7 Å². The van der Waals surface area contributed by atoms with Gasteiger partial charge in [0.2, 0.25) is 5.82 Å². The topological polar surface area (TPSA) is 72.6 Å². The molecular formula is C24H19ClF5N5O2. The maximum Gasteiger partial charge on any atom is 0.393 e. The Balaban J connectivity index is 1.70. The van der Waals surface area contributed by atoms with Gasteiger partial charge >= 0.3 is 6.18 Å². The summed E-state index contributed by atoms with van der Waals surface area (Å²) in [5.74, 6) is -2.41. The zero-order chi connectivity index (χ0) is 26.6. The smallest absolute Gasteiger partial charge is 0.378 e. The van der Waals surface area contributed by atoms with Crippen LogP contribution in [0.15, 0.2) is 35.3 Å². The number of amides is 1. The van der Waals surface area contributed by atoms with E-state index in [0.717, 1.165) is 24.3 Å². The highest BCUT2D eigenvalue weighted by Gasteiger charge is 2.37. The van der Waals surface area contributed by atoms with Crippen molar-refractivity contribution in [2.75, 3.05) is 20.2 Å². The largest absolute Gasteiger partial charge is 0.393 e. The maximum absolute atomic E-state index is 14.9. The van der Waals surface area contributed by atoms with Crippen LogP contribution in [-0.2, 0) is 11.2 Å². The molecule has 3 heterocycles. The van der Waals surface area contributed by atoms with Gasteiger partial charge in [0.05, 0.1) is 34.5 Å². The van der Waals surface area contributed by atoms with Crippen LogP contribution in [0.4, 0.5) is 22.0 Å². The van der Waals surface area contributed by atoms with Crippen LogP contribution < -0.4 is 0 Å². The number of methoxy groups -OCH3 is 1. The number of hydrogen-bond acceptors (Lipinski definition) is 5. The summed E-state index contributed by atoms with van der Waals surface area (Å²) >= 11 is 6.48. The molecule has 13 heteroatoms. The van der Waals surface area contributed by atoms with Crippen molar-refractivity contribution in [3.63, 3.8) is 0 Å². The van der Waals surface area contributed by atoms with Crippen molar-refractivity contribution in [3.05, 3.63) is 75.3 Å². The van der Waals surface area contributed by atoms with Gasteiger partial charge in [0.25, 0.3) is 5.91 Å². The highest BCUT2D eigenvalue weighted by molar-refractivity contribution is 6.37. The van der Waals surface area contributed by atoms with Crippen molar-refractivity contribution in [1.82, 2.24) is 19.7 Å². The Bertz CT molecular complexity index is 1410. The Kier molecular flexibility index (Phi) is 6.27. The quantitative estimate of drug-likeness (QED) is 0.451. The normalized spacial score (nSPS) is 17.6. The van der Waals surface area contributed by atoms with Gasteiger partial charge in [-0.3, -0.25) is 9.79 Å². The van der Waals surface area contributed by atoms with E-state index in [4.69, 9.17) is 16.3 Å². The molecule has 2 aliphatic heterocycles. The SMILES string of the molecule is COC1CN(C(=O)c2nc3n(n2)-c2ccc(CC(F)(F)F)c(Cl)c2C(c2c(F)cccc2F)=N[C@H]3C)C1. The number of ether oxygens (including phenoxy) is 1. The van der Waals surface area contributed by atoms with E-state index in [0.29, 0.717) is 13.1 Å². The molecule has 1 amide bonds. The van der Waals surface area contributed by atoms with Crippen molar-refractivity contribution in [1.29, 1.82) is 0 Å². The van der Waals surface area contributed by atoms with Crippen LogP contribution >= 0.6 is 11.6 Å². The number of aliphatic imine (C=N–C) groups is 1. The van der Waals surface area contributed by atoms with Crippen LogP contribution in [0.3, 0.4) is 0 Å². The van der Waals surface area contributed by atoms with Gasteiger partial charge in [-0.05, 0) is 30.7 Å². The molecule has 2 aromatic carbocycles. The summed E-state index contributed by atoms with van der Waals surface area (Å²) in [7, 11) is 1.53. The van der Waals surface area contributed by atoms with E-state index >= 15 is 0 Å². The van der Waals surface area contributed by atoms with Crippen molar-refractivity contribution in [2.45, 2.75) is 31.7 Å². The molecule has 0 bridgehead atoms. The highest BCUT2D eigenvalue weighted by Crippen LogP contribution is 2.38. The second-order valence-corrected chi connectivity index (χ2v) is 9.13. The van der Waals surface area contributed by atoms with Gasteiger partial charge in [0.15, 0.2) is 5.82 Å². The summed E-state index contributed by atoms with van der Waals surface area (Å²) in [5, 5.41) is 3.92. The summed E-state index contributed by atoms with van der Waals surface area (Å²) in [6.07, 6.45) is -6.06. The first-order chi connectivity index (χ1) is 17.5. The molecule has 0 radical (unpaired) electrons. The molecule has 0 saturated carbocycles. The summed E-state index contributed by atoms with van der Waals surface area (Å²) in [6, 6.07) is 4.75. The fourth-order valence-corrected chi connectivity index (χ4v) is 4.67. The third-order valence-electron chi connectivity index (χ3n) is 6.24. The number of aromatic nitrogens is 3. The van der Waals surface area contributed by atoms with Crippen LogP contribution in [0.5, 0.6) is 0 Å². The van der Waals surface area contributed by atoms with Crippen molar-refractivity contribution >= 4 is 23.2 Å². The molecule has 0 unspecified atom stereocenters. The number of carbonyl (C=O) groups is 1. The standard InChI is InChI=1S/C24H19ClF5N5O2/c1-11-22-32-21(23(36)34-9-13(10-34)37-2)33-35(22)16-7-6-12(8-24(28,29)30)19(25)18(16)20(31-11)17-14(26)4-3-5-15(17)27/h3-7,11,13H,8-10H2,1-2H3/t11-/m0/s1. The number of rotatable bonds is 4. The molecule has 5 rings (SSSR count). The first-order valence-corrected chi connectivity index (χ1v) is 11.6. The summed E-state index contributed by atoms with van der Waals surface area (Å²) in [5.41, 5.74) is -1.20. The number of halogens is 6. The average molecular weight is 540 g/mol.